The summed E-state index contributed by atoms with van der Waals surface area (Å²) in [6.45, 7) is 4.59. The second kappa shape index (κ2) is 7.51. The molecule has 1 aliphatic rings. The largest absolute Gasteiger partial charge is 0.466 e. The number of nitrogens with zero attached hydrogens (tertiary/aromatic N) is 1. The molecule has 25 heavy (non-hydrogen) atoms. The van der Waals surface area contributed by atoms with Crippen molar-refractivity contribution >= 4 is 17.6 Å². The van der Waals surface area contributed by atoms with Gasteiger partial charge in [-0.1, -0.05) is 35.9 Å². The van der Waals surface area contributed by atoms with E-state index in [1.165, 1.54) is 11.1 Å². The topological polar surface area (TPSA) is 46.6 Å². The van der Waals surface area contributed by atoms with Crippen molar-refractivity contribution in [2.75, 3.05) is 18.1 Å². The van der Waals surface area contributed by atoms with Gasteiger partial charge in [0.2, 0.25) is 5.91 Å². The summed E-state index contributed by atoms with van der Waals surface area (Å²) in [6, 6.07) is 14.6. The molecular weight excluding hydrogens is 314 g/mol. The Morgan fingerprint density at radius 1 is 1.08 bits per heavy atom. The summed E-state index contributed by atoms with van der Waals surface area (Å²) in [5.41, 5.74) is 5.62. The first-order valence-electron chi connectivity index (χ1n) is 8.74. The molecule has 0 unspecified atom stereocenters. The standard InChI is InChI=1S/C21H23NO3/c1-3-25-21(24)12-13-22-19-10-8-17(14-18(19)9-11-20(22)23)16-6-4-15(2)5-7-16/h4-8,10,14H,3,9,11-13H2,1-2H3. The highest BCUT2D eigenvalue weighted by Gasteiger charge is 2.25. The molecule has 1 heterocycles. The fourth-order valence-corrected chi connectivity index (χ4v) is 3.17. The van der Waals surface area contributed by atoms with Crippen molar-refractivity contribution in [3.63, 3.8) is 0 Å². The SMILES string of the molecule is CCOC(=O)CCN1C(=O)CCc2cc(-c3ccc(C)cc3)ccc21. The van der Waals surface area contributed by atoms with Crippen LogP contribution in [-0.4, -0.2) is 25.0 Å². The minimum Gasteiger partial charge on any atom is -0.466 e. The van der Waals surface area contributed by atoms with Gasteiger partial charge < -0.3 is 9.64 Å². The second-order valence-corrected chi connectivity index (χ2v) is 6.31. The zero-order valence-electron chi connectivity index (χ0n) is 14.7. The van der Waals surface area contributed by atoms with Gasteiger partial charge in [-0.05, 0) is 49.1 Å². The number of hydrogen-bond donors (Lipinski definition) is 0. The Bertz CT molecular complexity index is 780. The lowest BCUT2D eigenvalue weighted by Crippen LogP contribution is -2.36. The third kappa shape index (κ3) is 3.90. The Hall–Kier alpha value is -2.62. The first kappa shape index (κ1) is 17.2. The molecule has 0 spiro atoms. The van der Waals surface area contributed by atoms with E-state index in [2.05, 4.69) is 37.3 Å². The highest BCUT2D eigenvalue weighted by Crippen LogP contribution is 2.32. The Morgan fingerprint density at radius 2 is 1.80 bits per heavy atom. The van der Waals surface area contributed by atoms with E-state index in [0.29, 0.717) is 19.6 Å². The molecule has 2 aromatic carbocycles. The number of aryl methyl sites for hydroxylation is 2. The predicted molar refractivity (Wildman–Crippen MR) is 98.5 cm³/mol. The number of carbonyl (C=O) groups is 2. The number of anilines is 1. The van der Waals surface area contributed by atoms with Crippen LogP contribution >= 0.6 is 0 Å². The van der Waals surface area contributed by atoms with Crippen LogP contribution in [0, 0.1) is 6.92 Å². The van der Waals surface area contributed by atoms with E-state index in [1.807, 2.05) is 12.1 Å². The lowest BCUT2D eigenvalue weighted by molar-refractivity contribution is -0.142. The fourth-order valence-electron chi connectivity index (χ4n) is 3.17. The molecule has 4 nitrogen and oxygen atoms in total. The van der Waals surface area contributed by atoms with Crippen molar-refractivity contribution in [1.82, 2.24) is 0 Å². The smallest absolute Gasteiger partial charge is 0.307 e. The number of rotatable bonds is 5. The van der Waals surface area contributed by atoms with Gasteiger partial charge in [0.1, 0.15) is 0 Å². The van der Waals surface area contributed by atoms with Crippen molar-refractivity contribution in [2.45, 2.75) is 33.1 Å². The van der Waals surface area contributed by atoms with E-state index in [-0.39, 0.29) is 18.3 Å². The minimum atomic E-state index is -0.265. The van der Waals surface area contributed by atoms with Gasteiger partial charge in [-0.2, -0.15) is 0 Å². The molecule has 0 atom stereocenters. The third-order valence-electron chi connectivity index (χ3n) is 4.51. The molecule has 0 saturated carbocycles. The Labute approximate surface area is 148 Å². The van der Waals surface area contributed by atoms with Gasteiger partial charge in [-0.15, -0.1) is 0 Å². The molecule has 130 valence electrons. The van der Waals surface area contributed by atoms with Gasteiger partial charge >= 0.3 is 5.97 Å². The van der Waals surface area contributed by atoms with Crippen LogP contribution in [0.5, 0.6) is 0 Å². The first-order chi connectivity index (χ1) is 12.1. The molecule has 3 rings (SSSR count). The number of fused-ring (bicyclic) bond motifs is 1. The fraction of sp³-hybridized carbons (Fsp3) is 0.333. The Kier molecular flexibility index (Phi) is 5.17. The maximum Gasteiger partial charge on any atom is 0.307 e. The van der Waals surface area contributed by atoms with E-state index in [9.17, 15) is 9.59 Å². The Balaban J connectivity index is 1.83. The lowest BCUT2D eigenvalue weighted by Gasteiger charge is -2.29. The quantitative estimate of drug-likeness (QED) is 0.778. The number of benzene rings is 2. The zero-order chi connectivity index (χ0) is 17.8. The third-order valence-corrected chi connectivity index (χ3v) is 4.51. The van der Waals surface area contributed by atoms with Gasteiger partial charge in [-0.3, -0.25) is 9.59 Å². The number of esters is 1. The summed E-state index contributed by atoms with van der Waals surface area (Å²) in [5.74, 6) is -0.196. The van der Waals surface area contributed by atoms with E-state index in [0.717, 1.165) is 23.2 Å². The average molecular weight is 337 g/mol. The normalized spacial score (nSPS) is 13.5. The van der Waals surface area contributed by atoms with E-state index >= 15 is 0 Å². The molecule has 0 saturated heterocycles. The van der Waals surface area contributed by atoms with Crippen LogP contribution in [0.15, 0.2) is 42.5 Å². The highest BCUT2D eigenvalue weighted by molar-refractivity contribution is 5.97. The lowest BCUT2D eigenvalue weighted by atomic mass is 9.95. The maximum absolute atomic E-state index is 12.3. The molecular formula is C21H23NO3. The number of hydrogen-bond acceptors (Lipinski definition) is 3. The van der Waals surface area contributed by atoms with Gasteiger partial charge in [0.25, 0.3) is 0 Å². The van der Waals surface area contributed by atoms with Crippen LogP contribution in [-0.2, 0) is 20.7 Å². The van der Waals surface area contributed by atoms with Crippen LogP contribution in [0.1, 0.15) is 30.9 Å². The molecule has 0 bridgehead atoms. The zero-order valence-corrected chi connectivity index (χ0v) is 14.7. The highest BCUT2D eigenvalue weighted by atomic mass is 16.5. The molecule has 1 amide bonds. The average Bonchev–Trinajstić information content (AvgIpc) is 2.61. The summed E-state index contributed by atoms with van der Waals surface area (Å²) in [4.78, 5) is 25.6. The van der Waals surface area contributed by atoms with Gasteiger partial charge in [0.15, 0.2) is 0 Å². The molecule has 1 aliphatic heterocycles. The number of carbonyl (C=O) groups excluding carboxylic acids is 2. The van der Waals surface area contributed by atoms with Crippen molar-refractivity contribution < 1.29 is 14.3 Å². The number of ether oxygens (including phenoxy) is 1. The predicted octanol–water partition coefficient (Wildman–Crippen LogP) is 3.89. The molecule has 0 radical (unpaired) electrons. The first-order valence-corrected chi connectivity index (χ1v) is 8.74. The van der Waals surface area contributed by atoms with Crippen LogP contribution in [0.3, 0.4) is 0 Å². The van der Waals surface area contributed by atoms with Crippen LogP contribution < -0.4 is 4.90 Å². The maximum atomic E-state index is 12.3. The van der Waals surface area contributed by atoms with Gasteiger partial charge in [-0.25, -0.2) is 0 Å². The van der Waals surface area contributed by atoms with E-state index in [1.54, 1.807) is 11.8 Å². The van der Waals surface area contributed by atoms with Crippen molar-refractivity contribution in [3.05, 3.63) is 53.6 Å². The van der Waals surface area contributed by atoms with E-state index < -0.39 is 0 Å². The van der Waals surface area contributed by atoms with Crippen molar-refractivity contribution in [1.29, 1.82) is 0 Å². The van der Waals surface area contributed by atoms with Gasteiger partial charge in [0.05, 0.1) is 13.0 Å². The van der Waals surface area contributed by atoms with Crippen molar-refractivity contribution in [2.24, 2.45) is 0 Å². The summed E-state index contributed by atoms with van der Waals surface area (Å²) >= 11 is 0. The van der Waals surface area contributed by atoms with Crippen LogP contribution in [0.25, 0.3) is 11.1 Å². The molecule has 2 aromatic rings. The Morgan fingerprint density at radius 3 is 2.52 bits per heavy atom. The van der Waals surface area contributed by atoms with Crippen LogP contribution in [0.2, 0.25) is 0 Å². The summed E-state index contributed by atoms with van der Waals surface area (Å²) in [6.07, 6.45) is 1.44. The van der Waals surface area contributed by atoms with Gasteiger partial charge in [0, 0.05) is 18.7 Å². The number of amides is 1. The summed E-state index contributed by atoms with van der Waals surface area (Å²) in [5, 5.41) is 0. The molecule has 4 heteroatoms. The van der Waals surface area contributed by atoms with E-state index in [4.69, 9.17) is 4.74 Å². The summed E-state index contributed by atoms with van der Waals surface area (Å²) < 4.78 is 4.97. The summed E-state index contributed by atoms with van der Waals surface area (Å²) in [7, 11) is 0. The molecule has 0 fully saturated rings. The van der Waals surface area contributed by atoms with Crippen molar-refractivity contribution in [3.8, 4) is 11.1 Å². The molecule has 0 aromatic heterocycles. The second-order valence-electron chi connectivity index (χ2n) is 6.31. The molecule has 0 N–H and O–H groups in total. The molecule has 0 aliphatic carbocycles. The minimum absolute atomic E-state index is 0.0693. The van der Waals surface area contributed by atoms with Crippen LogP contribution in [0.4, 0.5) is 5.69 Å². The monoisotopic (exact) mass is 337 g/mol.